The number of amides is 1. The van der Waals surface area contributed by atoms with Gasteiger partial charge in [0.25, 0.3) is 17.3 Å². The van der Waals surface area contributed by atoms with Crippen LogP contribution in [0.25, 0.3) is 6.08 Å². The Morgan fingerprint density at radius 1 is 1.12 bits per heavy atom. The normalized spacial score (nSPS) is 10.7. The quantitative estimate of drug-likeness (QED) is 0.367. The fourth-order valence-corrected chi connectivity index (χ4v) is 2.17. The molecule has 2 aromatic rings. The fourth-order valence-electron chi connectivity index (χ4n) is 1.95. The molecule has 0 atom stereocenters. The maximum absolute atomic E-state index is 12.2. The molecule has 0 radical (unpaired) electrons. The molecule has 10 heteroatoms. The topological polar surface area (TPSA) is 139 Å². The Morgan fingerprint density at radius 2 is 1.77 bits per heavy atom. The number of nitrogens with zero attached hydrogens (tertiary/aromatic N) is 3. The van der Waals surface area contributed by atoms with Gasteiger partial charge in [0.2, 0.25) is 0 Å². The van der Waals surface area contributed by atoms with Crippen molar-refractivity contribution in [1.29, 1.82) is 5.26 Å². The molecule has 0 saturated carbocycles. The zero-order valence-corrected chi connectivity index (χ0v) is 13.6. The van der Waals surface area contributed by atoms with Crippen LogP contribution < -0.4 is 5.32 Å². The first-order valence-corrected chi connectivity index (χ1v) is 7.31. The Morgan fingerprint density at radius 3 is 2.35 bits per heavy atom. The fraction of sp³-hybridized carbons (Fsp3) is 0. The number of rotatable bonds is 5. The van der Waals surface area contributed by atoms with Crippen molar-refractivity contribution >= 4 is 40.6 Å². The maximum atomic E-state index is 12.2. The Hall–Kier alpha value is -3.77. The van der Waals surface area contributed by atoms with Crippen molar-refractivity contribution in [2.45, 2.75) is 0 Å². The lowest BCUT2D eigenvalue weighted by atomic mass is 10.1. The Kier molecular flexibility index (Phi) is 5.62. The van der Waals surface area contributed by atoms with Crippen molar-refractivity contribution in [3.63, 3.8) is 0 Å². The van der Waals surface area contributed by atoms with Crippen molar-refractivity contribution in [3.05, 3.63) is 78.9 Å². The predicted molar refractivity (Wildman–Crippen MR) is 93.4 cm³/mol. The highest BCUT2D eigenvalue weighted by molar-refractivity contribution is 6.34. The minimum Gasteiger partial charge on any atom is -0.320 e. The van der Waals surface area contributed by atoms with E-state index in [-0.39, 0.29) is 27.7 Å². The smallest absolute Gasteiger partial charge is 0.271 e. The summed E-state index contributed by atoms with van der Waals surface area (Å²) in [7, 11) is 0. The molecule has 0 aliphatic carbocycles. The lowest BCUT2D eigenvalue weighted by Gasteiger charge is -2.06. The van der Waals surface area contributed by atoms with E-state index < -0.39 is 15.8 Å². The summed E-state index contributed by atoms with van der Waals surface area (Å²) in [5.74, 6) is -0.810. The third-order valence-electron chi connectivity index (χ3n) is 3.17. The SMILES string of the molecule is N#C/C(=C/c1cccc([N+](=O)[O-])c1)C(=O)Nc1ccc([N+](=O)[O-])cc1Cl. The summed E-state index contributed by atoms with van der Waals surface area (Å²) in [6.07, 6.45) is 1.18. The second kappa shape index (κ2) is 7.87. The van der Waals surface area contributed by atoms with Gasteiger partial charge >= 0.3 is 0 Å². The summed E-state index contributed by atoms with van der Waals surface area (Å²) < 4.78 is 0. The van der Waals surface area contributed by atoms with Crippen LogP contribution in [0.4, 0.5) is 17.1 Å². The summed E-state index contributed by atoms with van der Waals surface area (Å²) >= 11 is 5.88. The molecule has 1 amide bonds. The summed E-state index contributed by atoms with van der Waals surface area (Å²) in [5.41, 5.74) is -0.376. The van der Waals surface area contributed by atoms with Crippen molar-refractivity contribution in [2.24, 2.45) is 0 Å². The highest BCUT2D eigenvalue weighted by Crippen LogP contribution is 2.27. The van der Waals surface area contributed by atoms with E-state index >= 15 is 0 Å². The summed E-state index contributed by atoms with van der Waals surface area (Å²) in [4.78, 5) is 32.4. The van der Waals surface area contributed by atoms with Crippen LogP contribution in [-0.4, -0.2) is 15.8 Å². The molecule has 130 valence electrons. The Labute approximate surface area is 151 Å². The number of nitro groups is 2. The number of carbonyl (C=O) groups excluding carboxylic acids is 1. The van der Waals surface area contributed by atoms with Crippen LogP contribution in [0.2, 0.25) is 5.02 Å². The number of carbonyl (C=O) groups is 1. The largest absolute Gasteiger partial charge is 0.320 e. The zero-order valence-electron chi connectivity index (χ0n) is 12.9. The van der Waals surface area contributed by atoms with Crippen LogP contribution >= 0.6 is 11.6 Å². The molecule has 2 rings (SSSR count). The molecule has 2 aromatic carbocycles. The lowest BCUT2D eigenvalue weighted by Crippen LogP contribution is -2.13. The van der Waals surface area contributed by atoms with E-state index in [1.165, 1.54) is 36.4 Å². The summed E-state index contributed by atoms with van der Waals surface area (Å²) in [5, 5.41) is 32.9. The first-order valence-electron chi connectivity index (χ1n) is 6.93. The number of nitriles is 1. The highest BCUT2D eigenvalue weighted by Gasteiger charge is 2.15. The minimum absolute atomic E-state index is 0.0693. The molecular weight excluding hydrogens is 364 g/mol. The van der Waals surface area contributed by atoms with Gasteiger partial charge in [-0.15, -0.1) is 0 Å². The standard InChI is InChI=1S/C16H9ClN4O5/c17-14-8-13(21(25)26)4-5-15(14)19-16(22)11(9-18)6-10-2-1-3-12(7-10)20(23)24/h1-8H,(H,19,22)/b11-6-. The second-order valence-electron chi connectivity index (χ2n) is 4.90. The molecule has 1 N–H and O–H groups in total. The Balaban J connectivity index is 2.27. The molecule has 0 saturated heterocycles. The van der Waals surface area contributed by atoms with Gasteiger partial charge in [0.15, 0.2) is 0 Å². The van der Waals surface area contributed by atoms with Crippen LogP contribution in [0, 0.1) is 31.6 Å². The molecule has 0 bridgehead atoms. The predicted octanol–water partition coefficient (Wildman–Crippen LogP) is 3.70. The average molecular weight is 373 g/mol. The van der Waals surface area contributed by atoms with Crippen LogP contribution in [0.3, 0.4) is 0 Å². The van der Waals surface area contributed by atoms with Gasteiger partial charge in [0, 0.05) is 24.3 Å². The third-order valence-corrected chi connectivity index (χ3v) is 3.48. The number of nitro benzene ring substituents is 2. The number of non-ortho nitro benzene ring substituents is 2. The van der Waals surface area contributed by atoms with Crippen molar-refractivity contribution < 1.29 is 14.6 Å². The van der Waals surface area contributed by atoms with Crippen molar-refractivity contribution in [1.82, 2.24) is 0 Å². The van der Waals surface area contributed by atoms with Gasteiger partial charge in [-0.25, -0.2) is 0 Å². The van der Waals surface area contributed by atoms with E-state index in [1.54, 1.807) is 6.07 Å². The van der Waals surface area contributed by atoms with Crippen LogP contribution in [-0.2, 0) is 4.79 Å². The number of halogens is 1. The van der Waals surface area contributed by atoms with E-state index in [1.807, 2.05) is 0 Å². The molecule has 0 heterocycles. The molecule has 0 fully saturated rings. The first-order chi connectivity index (χ1) is 12.3. The van der Waals surface area contributed by atoms with Gasteiger partial charge in [-0.1, -0.05) is 23.7 Å². The van der Waals surface area contributed by atoms with Gasteiger partial charge in [0.05, 0.1) is 20.6 Å². The molecule has 0 unspecified atom stereocenters. The van der Waals surface area contributed by atoms with Crippen molar-refractivity contribution in [3.8, 4) is 6.07 Å². The average Bonchev–Trinajstić information content (AvgIpc) is 2.61. The molecular formula is C16H9ClN4O5. The lowest BCUT2D eigenvalue weighted by molar-refractivity contribution is -0.385. The number of anilines is 1. The van der Waals surface area contributed by atoms with Gasteiger partial charge in [-0.2, -0.15) is 5.26 Å². The van der Waals surface area contributed by atoms with Crippen LogP contribution in [0.1, 0.15) is 5.56 Å². The monoisotopic (exact) mass is 372 g/mol. The van der Waals surface area contributed by atoms with E-state index in [9.17, 15) is 25.0 Å². The van der Waals surface area contributed by atoms with Crippen LogP contribution in [0.5, 0.6) is 0 Å². The maximum Gasteiger partial charge on any atom is 0.271 e. The van der Waals surface area contributed by atoms with Gasteiger partial charge in [-0.3, -0.25) is 25.0 Å². The van der Waals surface area contributed by atoms with Crippen LogP contribution in [0.15, 0.2) is 48.0 Å². The van der Waals surface area contributed by atoms with Gasteiger partial charge in [0.1, 0.15) is 11.6 Å². The molecule has 0 aliphatic rings. The first kappa shape index (κ1) is 18.6. The Bertz CT molecular complexity index is 981. The summed E-state index contributed by atoms with van der Waals surface area (Å²) in [6, 6.07) is 10.6. The minimum atomic E-state index is -0.810. The molecule has 26 heavy (non-hydrogen) atoms. The number of nitrogens with one attached hydrogen (secondary N) is 1. The number of benzene rings is 2. The molecule has 9 nitrogen and oxygen atoms in total. The third kappa shape index (κ3) is 4.40. The zero-order chi connectivity index (χ0) is 19.3. The van der Waals surface area contributed by atoms with E-state index in [0.717, 1.165) is 12.1 Å². The van der Waals surface area contributed by atoms with Crippen molar-refractivity contribution in [2.75, 3.05) is 5.32 Å². The second-order valence-corrected chi connectivity index (χ2v) is 5.30. The van der Waals surface area contributed by atoms with E-state index in [4.69, 9.17) is 16.9 Å². The molecule has 0 aliphatic heterocycles. The summed E-state index contributed by atoms with van der Waals surface area (Å²) in [6.45, 7) is 0. The van der Waals surface area contributed by atoms with Gasteiger partial charge < -0.3 is 5.32 Å². The van der Waals surface area contributed by atoms with E-state index in [0.29, 0.717) is 5.56 Å². The number of hydrogen-bond donors (Lipinski definition) is 1. The highest BCUT2D eigenvalue weighted by atomic mass is 35.5. The number of hydrogen-bond acceptors (Lipinski definition) is 6. The van der Waals surface area contributed by atoms with Gasteiger partial charge in [-0.05, 0) is 17.7 Å². The van der Waals surface area contributed by atoms with E-state index in [2.05, 4.69) is 5.32 Å². The molecule has 0 spiro atoms. The molecule has 0 aromatic heterocycles.